The van der Waals surface area contributed by atoms with Crippen LogP contribution in [-0.2, 0) is 6.54 Å². The van der Waals surface area contributed by atoms with Gasteiger partial charge in [0, 0.05) is 26.2 Å². The fraction of sp³-hybridized carbons (Fsp3) is 0.700. The molecule has 1 aromatic rings. The van der Waals surface area contributed by atoms with Crippen LogP contribution in [0.4, 0.5) is 0 Å². The van der Waals surface area contributed by atoms with E-state index in [9.17, 15) is 0 Å². The molecule has 0 spiro atoms. The maximum atomic E-state index is 5.86. The summed E-state index contributed by atoms with van der Waals surface area (Å²) in [5, 5.41) is 3.39. The molecule has 0 unspecified atom stereocenters. The monoisotopic (exact) mass is 335 g/mol. The molecule has 1 rings (SSSR count). The molecule has 0 fully saturated rings. The number of benzene rings is 1. The summed E-state index contributed by atoms with van der Waals surface area (Å²) in [5.41, 5.74) is 1.35. The lowest BCUT2D eigenvalue weighted by Crippen LogP contribution is -2.31. The second-order valence-electron chi connectivity index (χ2n) is 6.10. The van der Waals surface area contributed by atoms with E-state index in [1.54, 1.807) is 0 Å². The van der Waals surface area contributed by atoms with Gasteiger partial charge in [-0.2, -0.15) is 0 Å². The van der Waals surface area contributed by atoms with Crippen molar-refractivity contribution in [3.63, 3.8) is 0 Å². The Morgan fingerprint density at radius 1 is 0.875 bits per heavy atom. The van der Waals surface area contributed by atoms with E-state index in [1.165, 1.54) is 5.56 Å². The minimum Gasteiger partial charge on any atom is -0.494 e. The van der Waals surface area contributed by atoms with Crippen molar-refractivity contribution in [3.8, 4) is 5.75 Å². The van der Waals surface area contributed by atoms with E-state index >= 15 is 0 Å². The molecule has 24 heavy (non-hydrogen) atoms. The normalized spacial score (nSPS) is 11.4. The lowest BCUT2D eigenvalue weighted by atomic mass is 10.2. The first-order chi connectivity index (χ1) is 11.7. The maximum Gasteiger partial charge on any atom is 0.119 e. The first kappa shape index (κ1) is 20.9. The van der Waals surface area contributed by atoms with E-state index in [0.29, 0.717) is 0 Å². The third kappa shape index (κ3) is 8.67. The smallest absolute Gasteiger partial charge is 0.119 e. The van der Waals surface area contributed by atoms with Gasteiger partial charge in [-0.3, -0.25) is 4.90 Å². The summed E-state index contributed by atoms with van der Waals surface area (Å²) in [6.45, 7) is 18.2. The van der Waals surface area contributed by atoms with Gasteiger partial charge in [0.15, 0.2) is 0 Å². The van der Waals surface area contributed by atoms with Crippen LogP contribution < -0.4 is 10.1 Å². The van der Waals surface area contributed by atoms with E-state index in [4.69, 9.17) is 4.74 Å². The second kappa shape index (κ2) is 13.2. The van der Waals surface area contributed by atoms with Crippen molar-refractivity contribution in [1.29, 1.82) is 0 Å². The molecular weight excluding hydrogens is 298 g/mol. The molecule has 138 valence electrons. The van der Waals surface area contributed by atoms with E-state index < -0.39 is 0 Å². The average molecular weight is 336 g/mol. The largest absolute Gasteiger partial charge is 0.494 e. The van der Waals surface area contributed by atoms with Crippen LogP contribution in [-0.4, -0.2) is 62.2 Å². The third-order valence-corrected chi connectivity index (χ3v) is 4.41. The maximum absolute atomic E-state index is 5.86. The minimum atomic E-state index is 0.791. The average Bonchev–Trinajstić information content (AvgIpc) is 2.62. The van der Waals surface area contributed by atoms with Crippen molar-refractivity contribution < 1.29 is 4.74 Å². The quantitative estimate of drug-likeness (QED) is 0.528. The number of likely N-dealkylation sites (N-methyl/N-ethyl adjacent to an activating group) is 2. The van der Waals surface area contributed by atoms with Crippen LogP contribution in [0.15, 0.2) is 24.3 Å². The molecule has 1 N–H and O–H groups in total. The fourth-order valence-corrected chi connectivity index (χ4v) is 2.73. The molecule has 0 saturated carbocycles. The number of hydrogen-bond donors (Lipinski definition) is 1. The van der Waals surface area contributed by atoms with Crippen molar-refractivity contribution >= 4 is 0 Å². The molecule has 0 aromatic heterocycles. The molecule has 1 aromatic carbocycles. The molecule has 0 bridgehead atoms. The molecule has 4 nitrogen and oxygen atoms in total. The van der Waals surface area contributed by atoms with Gasteiger partial charge in [0.25, 0.3) is 0 Å². The van der Waals surface area contributed by atoms with Crippen LogP contribution in [0.3, 0.4) is 0 Å². The van der Waals surface area contributed by atoms with Crippen molar-refractivity contribution in [1.82, 2.24) is 15.1 Å². The standard InChI is InChI=1S/C20H37N3O/c1-5-21-14-16-23(8-4)18-19-10-12-20(13-11-19)24-17-9-15-22(6-2)7-3/h10-13,21H,5-9,14-18H2,1-4H3. The molecule has 0 saturated heterocycles. The number of rotatable bonds is 14. The van der Waals surface area contributed by atoms with Crippen LogP contribution in [0.25, 0.3) is 0 Å². The lowest BCUT2D eigenvalue weighted by molar-refractivity contribution is 0.249. The highest BCUT2D eigenvalue weighted by Crippen LogP contribution is 2.14. The Hall–Kier alpha value is -1.10. The van der Waals surface area contributed by atoms with E-state index in [2.05, 4.69) is 67.1 Å². The van der Waals surface area contributed by atoms with Crippen LogP contribution in [0, 0.1) is 0 Å². The summed E-state index contributed by atoms with van der Waals surface area (Å²) in [6.07, 6.45) is 1.08. The highest BCUT2D eigenvalue weighted by Gasteiger charge is 2.04. The third-order valence-electron chi connectivity index (χ3n) is 4.41. The van der Waals surface area contributed by atoms with Gasteiger partial charge < -0.3 is 15.0 Å². The summed E-state index contributed by atoms with van der Waals surface area (Å²) < 4.78 is 5.86. The molecule has 0 amide bonds. The Kier molecular flexibility index (Phi) is 11.5. The van der Waals surface area contributed by atoms with Crippen molar-refractivity contribution in [2.45, 2.75) is 40.7 Å². The van der Waals surface area contributed by atoms with E-state index in [0.717, 1.165) is 71.1 Å². The zero-order valence-electron chi connectivity index (χ0n) is 16.2. The highest BCUT2D eigenvalue weighted by atomic mass is 16.5. The van der Waals surface area contributed by atoms with Gasteiger partial charge in [-0.1, -0.05) is 39.8 Å². The summed E-state index contributed by atoms with van der Waals surface area (Å²) in [7, 11) is 0. The van der Waals surface area contributed by atoms with Gasteiger partial charge in [0.2, 0.25) is 0 Å². The molecule has 0 aliphatic carbocycles. The van der Waals surface area contributed by atoms with Gasteiger partial charge >= 0.3 is 0 Å². The molecule has 0 radical (unpaired) electrons. The summed E-state index contributed by atoms with van der Waals surface area (Å²) in [6, 6.07) is 8.58. The Morgan fingerprint density at radius 2 is 1.54 bits per heavy atom. The Bertz CT molecular complexity index is 404. The second-order valence-corrected chi connectivity index (χ2v) is 6.10. The van der Waals surface area contributed by atoms with Gasteiger partial charge in [-0.15, -0.1) is 0 Å². The number of nitrogens with one attached hydrogen (secondary N) is 1. The Labute approximate surface area is 149 Å². The van der Waals surface area contributed by atoms with Gasteiger partial charge in [-0.05, 0) is 50.3 Å². The van der Waals surface area contributed by atoms with E-state index in [1.807, 2.05) is 0 Å². The summed E-state index contributed by atoms with van der Waals surface area (Å²) in [5.74, 6) is 0.981. The zero-order valence-corrected chi connectivity index (χ0v) is 16.2. The fourth-order valence-electron chi connectivity index (χ4n) is 2.73. The van der Waals surface area contributed by atoms with Crippen LogP contribution in [0.2, 0.25) is 0 Å². The van der Waals surface area contributed by atoms with Crippen molar-refractivity contribution in [2.24, 2.45) is 0 Å². The van der Waals surface area contributed by atoms with E-state index in [-0.39, 0.29) is 0 Å². The minimum absolute atomic E-state index is 0.791. The first-order valence-corrected chi connectivity index (χ1v) is 9.60. The SMILES string of the molecule is CCNCCN(CC)Cc1ccc(OCCCN(CC)CC)cc1. The van der Waals surface area contributed by atoms with Crippen LogP contribution in [0.1, 0.15) is 39.7 Å². The Morgan fingerprint density at radius 3 is 2.12 bits per heavy atom. The van der Waals surface area contributed by atoms with Gasteiger partial charge in [-0.25, -0.2) is 0 Å². The van der Waals surface area contributed by atoms with Crippen molar-refractivity contribution in [3.05, 3.63) is 29.8 Å². The topological polar surface area (TPSA) is 27.7 Å². The predicted molar refractivity (Wildman–Crippen MR) is 104 cm³/mol. The summed E-state index contributed by atoms with van der Waals surface area (Å²) >= 11 is 0. The molecule has 4 heteroatoms. The molecule has 0 atom stereocenters. The number of hydrogen-bond acceptors (Lipinski definition) is 4. The Balaban J connectivity index is 2.31. The van der Waals surface area contributed by atoms with Crippen LogP contribution in [0.5, 0.6) is 5.75 Å². The molecule has 0 aliphatic rings. The highest BCUT2D eigenvalue weighted by molar-refractivity contribution is 5.27. The molecule has 0 aliphatic heterocycles. The summed E-state index contributed by atoms with van der Waals surface area (Å²) in [4.78, 5) is 4.89. The molecule has 0 heterocycles. The van der Waals surface area contributed by atoms with Gasteiger partial charge in [0.1, 0.15) is 5.75 Å². The number of ether oxygens (including phenoxy) is 1. The lowest BCUT2D eigenvalue weighted by Gasteiger charge is -2.20. The zero-order chi connectivity index (χ0) is 17.6. The van der Waals surface area contributed by atoms with Crippen LogP contribution >= 0.6 is 0 Å². The van der Waals surface area contributed by atoms with Gasteiger partial charge in [0.05, 0.1) is 6.61 Å². The van der Waals surface area contributed by atoms with Crippen molar-refractivity contribution in [2.75, 3.05) is 52.4 Å². The molecular formula is C20H37N3O. The predicted octanol–water partition coefficient (Wildman–Crippen LogP) is 3.23. The first-order valence-electron chi connectivity index (χ1n) is 9.60. The number of nitrogens with zero attached hydrogens (tertiary/aromatic N) is 2.